The number of hydrogen-bond acceptors (Lipinski definition) is 6. The van der Waals surface area contributed by atoms with E-state index in [1.807, 2.05) is 42.5 Å². The molecule has 9 heteroatoms. The molecule has 0 N–H and O–H groups in total. The van der Waals surface area contributed by atoms with Crippen LogP contribution in [-0.2, 0) is 14.8 Å². The predicted molar refractivity (Wildman–Crippen MR) is 122 cm³/mol. The molecular formula is C24H24N2O6S. The molecule has 1 saturated heterocycles. The number of fused-ring (bicyclic) bond motifs is 2. The highest BCUT2D eigenvalue weighted by atomic mass is 32.2. The van der Waals surface area contributed by atoms with Gasteiger partial charge in [-0.2, -0.15) is 4.31 Å². The third-order valence-electron chi connectivity index (χ3n) is 5.83. The summed E-state index contributed by atoms with van der Waals surface area (Å²) in [5, 5.41) is 2.15. The fraction of sp³-hybridized carbons (Fsp3) is 0.292. The Bertz CT molecular complexity index is 1290. The van der Waals surface area contributed by atoms with Gasteiger partial charge in [0.2, 0.25) is 10.0 Å². The van der Waals surface area contributed by atoms with E-state index in [-0.39, 0.29) is 30.5 Å². The Morgan fingerprint density at radius 1 is 0.848 bits per heavy atom. The van der Waals surface area contributed by atoms with Crippen LogP contribution >= 0.6 is 0 Å². The van der Waals surface area contributed by atoms with Crippen molar-refractivity contribution in [3.63, 3.8) is 0 Å². The number of sulfonamides is 1. The lowest BCUT2D eigenvalue weighted by Gasteiger charge is -2.34. The fourth-order valence-corrected chi connectivity index (χ4v) is 5.44. The van der Waals surface area contributed by atoms with Gasteiger partial charge in [-0.15, -0.1) is 0 Å². The second kappa shape index (κ2) is 8.92. The van der Waals surface area contributed by atoms with Crippen LogP contribution in [0.1, 0.15) is 0 Å². The molecule has 1 amide bonds. The van der Waals surface area contributed by atoms with E-state index in [9.17, 15) is 13.2 Å². The van der Waals surface area contributed by atoms with Gasteiger partial charge in [-0.3, -0.25) is 4.79 Å². The number of amides is 1. The standard InChI is InChI=1S/C24H24N2O6S/c27-24(17-32-20-6-5-18-3-1-2-4-19(18)15-20)25-9-11-26(12-10-25)33(28,29)21-7-8-22-23(16-21)31-14-13-30-22/h1-8,15-16H,9-14,17H2. The Kier molecular flexibility index (Phi) is 5.82. The molecule has 0 spiro atoms. The summed E-state index contributed by atoms with van der Waals surface area (Å²) in [7, 11) is -3.69. The number of benzene rings is 3. The van der Waals surface area contributed by atoms with Crippen molar-refractivity contribution in [3.05, 3.63) is 60.7 Å². The van der Waals surface area contributed by atoms with Gasteiger partial charge in [0.15, 0.2) is 18.1 Å². The van der Waals surface area contributed by atoms with Gasteiger partial charge in [-0.25, -0.2) is 8.42 Å². The summed E-state index contributed by atoms with van der Waals surface area (Å²) < 4.78 is 44.2. The Balaban J connectivity index is 1.18. The van der Waals surface area contributed by atoms with Crippen LogP contribution in [0.2, 0.25) is 0 Å². The van der Waals surface area contributed by atoms with Gasteiger partial charge in [-0.1, -0.05) is 30.3 Å². The van der Waals surface area contributed by atoms with Crippen LogP contribution in [0.15, 0.2) is 65.6 Å². The van der Waals surface area contributed by atoms with Gasteiger partial charge >= 0.3 is 0 Å². The number of ether oxygens (including phenoxy) is 3. The summed E-state index contributed by atoms with van der Waals surface area (Å²) in [6.45, 7) is 1.80. The van der Waals surface area contributed by atoms with E-state index < -0.39 is 10.0 Å². The zero-order valence-electron chi connectivity index (χ0n) is 18.0. The highest BCUT2D eigenvalue weighted by Gasteiger charge is 2.31. The molecule has 33 heavy (non-hydrogen) atoms. The van der Waals surface area contributed by atoms with E-state index in [2.05, 4.69) is 0 Å². The van der Waals surface area contributed by atoms with Crippen molar-refractivity contribution in [2.75, 3.05) is 46.0 Å². The van der Waals surface area contributed by atoms with Crippen molar-refractivity contribution in [1.29, 1.82) is 0 Å². The molecule has 0 bridgehead atoms. The van der Waals surface area contributed by atoms with Crippen LogP contribution in [0.3, 0.4) is 0 Å². The summed E-state index contributed by atoms with van der Waals surface area (Å²) >= 11 is 0. The zero-order valence-corrected chi connectivity index (χ0v) is 18.8. The molecule has 2 aliphatic heterocycles. The Labute approximate surface area is 192 Å². The molecule has 0 unspecified atom stereocenters. The molecule has 0 saturated carbocycles. The second-order valence-electron chi connectivity index (χ2n) is 7.89. The average molecular weight is 469 g/mol. The molecule has 8 nitrogen and oxygen atoms in total. The van der Waals surface area contributed by atoms with Crippen LogP contribution in [0.4, 0.5) is 0 Å². The van der Waals surface area contributed by atoms with Gasteiger partial charge in [0.25, 0.3) is 5.91 Å². The van der Waals surface area contributed by atoms with Gasteiger partial charge < -0.3 is 19.1 Å². The van der Waals surface area contributed by atoms with E-state index in [1.165, 1.54) is 16.4 Å². The van der Waals surface area contributed by atoms with Crippen LogP contribution in [0.25, 0.3) is 10.8 Å². The van der Waals surface area contributed by atoms with Crippen LogP contribution in [-0.4, -0.2) is 69.5 Å². The predicted octanol–water partition coefficient (Wildman–Crippen LogP) is 2.52. The van der Waals surface area contributed by atoms with Gasteiger partial charge in [-0.05, 0) is 35.0 Å². The molecule has 1 fully saturated rings. The molecule has 5 rings (SSSR count). The molecule has 0 aliphatic carbocycles. The summed E-state index contributed by atoms with van der Waals surface area (Å²) in [5.74, 6) is 1.44. The van der Waals surface area contributed by atoms with E-state index in [4.69, 9.17) is 14.2 Å². The topological polar surface area (TPSA) is 85.4 Å². The molecule has 2 heterocycles. The molecule has 3 aromatic carbocycles. The monoisotopic (exact) mass is 468 g/mol. The summed E-state index contributed by atoms with van der Waals surface area (Å²) in [6, 6.07) is 18.3. The fourth-order valence-electron chi connectivity index (χ4n) is 4.00. The van der Waals surface area contributed by atoms with E-state index in [0.29, 0.717) is 43.6 Å². The first-order valence-corrected chi connectivity index (χ1v) is 12.2. The maximum Gasteiger partial charge on any atom is 0.260 e. The minimum atomic E-state index is -3.69. The maximum atomic E-state index is 13.1. The first-order chi connectivity index (χ1) is 16.0. The molecule has 0 radical (unpaired) electrons. The van der Waals surface area contributed by atoms with Crippen LogP contribution in [0, 0.1) is 0 Å². The highest BCUT2D eigenvalue weighted by molar-refractivity contribution is 7.89. The lowest BCUT2D eigenvalue weighted by molar-refractivity contribution is -0.134. The van der Waals surface area contributed by atoms with Crippen molar-refractivity contribution in [3.8, 4) is 17.2 Å². The molecular weight excluding hydrogens is 444 g/mol. The van der Waals surface area contributed by atoms with Crippen molar-refractivity contribution >= 4 is 26.7 Å². The second-order valence-corrected chi connectivity index (χ2v) is 9.83. The molecule has 0 aromatic heterocycles. The number of rotatable bonds is 5. The largest absolute Gasteiger partial charge is 0.486 e. The third-order valence-corrected chi connectivity index (χ3v) is 7.72. The first-order valence-electron chi connectivity index (χ1n) is 10.8. The zero-order chi connectivity index (χ0) is 22.8. The van der Waals surface area contributed by atoms with Crippen molar-refractivity contribution in [2.45, 2.75) is 4.90 Å². The van der Waals surface area contributed by atoms with Crippen molar-refractivity contribution < 1.29 is 27.4 Å². The molecule has 172 valence electrons. The minimum absolute atomic E-state index is 0.0900. The molecule has 3 aromatic rings. The van der Waals surface area contributed by atoms with E-state index in [1.54, 1.807) is 11.0 Å². The lowest BCUT2D eigenvalue weighted by atomic mass is 10.1. The van der Waals surface area contributed by atoms with Gasteiger partial charge in [0.1, 0.15) is 19.0 Å². The maximum absolute atomic E-state index is 13.1. The Morgan fingerprint density at radius 2 is 1.58 bits per heavy atom. The highest BCUT2D eigenvalue weighted by Crippen LogP contribution is 2.33. The molecule has 2 aliphatic rings. The summed E-state index contributed by atoms with van der Waals surface area (Å²) in [5.41, 5.74) is 0. The summed E-state index contributed by atoms with van der Waals surface area (Å²) in [6.07, 6.45) is 0. The quantitative estimate of drug-likeness (QED) is 0.572. The van der Waals surface area contributed by atoms with Gasteiger partial charge in [0, 0.05) is 32.2 Å². The normalized spacial score (nSPS) is 16.5. The van der Waals surface area contributed by atoms with Gasteiger partial charge in [0.05, 0.1) is 4.90 Å². The Hall–Kier alpha value is -3.30. The third kappa shape index (κ3) is 4.46. The minimum Gasteiger partial charge on any atom is -0.486 e. The first kappa shape index (κ1) is 21.5. The van der Waals surface area contributed by atoms with Crippen LogP contribution < -0.4 is 14.2 Å². The van der Waals surface area contributed by atoms with Crippen molar-refractivity contribution in [2.24, 2.45) is 0 Å². The van der Waals surface area contributed by atoms with E-state index >= 15 is 0 Å². The average Bonchev–Trinajstić information content (AvgIpc) is 2.87. The smallest absolute Gasteiger partial charge is 0.260 e. The van der Waals surface area contributed by atoms with E-state index in [0.717, 1.165) is 10.8 Å². The SMILES string of the molecule is O=C(COc1ccc2ccccc2c1)N1CCN(S(=O)(=O)c2ccc3c(c2)OCCO3)CC1. The number of carbonyl (C=O) groups excluding carboxylic acids is 1. The number of carbonyl (C=O) groups is 1. The van der Waals surface area contributed by atoms with Crippen molar-refractivity contribution in [1.82, 2.24) is 9.21 Å². The number of piperazine rings is 1. The number of hydrogen-bond donors (Lipinski definition) is 0. The van der Waals surface area contributed by atoms with Crippen LogP contribution in [0.5, 0.6) is 17.2 Å². The number of nitrogens with zero attached hydrogens (tertiary/aromatic N) is 2. The molecule has 0 atom stereocenters. The lowest BCUT2D eigenvalue weighted by Crippen LogP contribution is -2.51. The summed E-state index contributed by atoms with van der Waals surface area (Å²) in [4.78, 5) is 14.4. The Morgan fingerprint density at radius 3 is 2.36 bits per heavy atom.